The molecule has 0 saturated heterocycles. The minimum absolute atomic E-state index is 0. The van der Waals surface area contributed by atoms with Crippen molar-refractivity contribution in [2.75, 3.05) is 0 Å². The number of rotatable bonds is 3. The van der Waals surface area contributed by atoms with Gasteiger partial charge in [-0.05, 0) is 0 Å². The van der Waals surface area contributed by atoms with E-state index in [2.05, 4.69) is 32.1 Å². The van der Waals surface area contributed by atoms with Gasteiger partial charge >= 0.3 is 69.7 Å². The molecule has 0 unspecified atom stereocenters. The second kappa shape index (κ2) is 8.38. The average Bonchev–Trinajstić information content (AvgIpc) is 2.43. The number of halogens is 2. The van der Waals surface area contributed by atoms with Crippen molar-refractivity contribution in [1.82, 2.24) is 0 Å². The van der Waals surface area contributed by atoms with Crippen molar-refractivity contribution in [3.63, 3.8) is 0 Å². The van der Waals surface area contributed by atoms with Gasteiger partial charge in [-0.2, -0.15) is 0 Å². The predicted molar refractivity (Wildman–Crippen MR) is 57.3 cm³/mol. The molecule has 0 nitrogen and oxygen atoms in total. The van der Waals surface area contributed by atoms with E-state index in [4.69, 9.17) is 0 Å². The third kappa shape index (κ3) is 4.14. The Labute approximate surface area is 94.2 Å². The molecule has 0 radical (unpaired) electrons. The van der Waals surface area contributed by atoms with Crippen LogP contribution in [-0.2, 0) is 17.9 Å². The van der Waals surface area contributed by atoms with Crippen LogP contribution in [0.3, 0.4) is 0 Å². The van der Waals surface area contributed by atoms with Crippen molar-refractivity contribution in [3.05, 3.63) is 22.1 Å². The van der Waals surface area contributed by atoms with Crippen LogP contribution in [-0.4, -0.2) is 0 Å². The van der Waals surface area contributed by atoms with Crippen molar-refractivity contribution in [2.45, 2.75) is 29.7 Å². The smallest absolute Gasteiger partial charge is 0.147 e. The quantitative estimate of drug-likeness (QED) is 0.653. The maximum atomic E-state index is 2.35. The summed E-state index contributed by atoms with van der Waals surface area (Å²) in [5, 5.41) is 0. The standard InChI is InChI=1S/C5H5.2C2H5.2ClH.Ti/c1-2-4-5-3-1;2*1-2;;;/h1-3H,4H2;2*1H2,2H3;2*1H;. The van der Waals surface area contributed by atoms with E-state index in [1.807, 2.05) is 0 Å². The van der Waals surface area contributed by atoms with Crippen LogP contribution in [0, 0.1) is 0 Å². The molecule has 0 bridgehead atoms. The van der Waals surface area contributed by atoms with Crippen LogP contribution in [0.25, 0.3) is 0 Å². The molecule has 12 heavy (non-hydrogen) atoms. The van der Waals surface area contributed by atoms with Gasteiger partial charge in [0.2, 0.25) is 0 Å². The fraction of sp³-hybridized carbons (Fsp3) is 0.556. The van der Waals surface area contributed by atoms with Crippen LogP contribution in [0.5, 0.6) is 0 Å². The van der Waals surface area contributed by atoms with E-state index in [0.717, 1.165) is 0 Å². The van der Waals surface area contributed by atoms with Gasteiger partial charge in [0.25, 0.3) is 0 Å². The SMILES string of the molecule is C[CH2][Ti]([CH2]C)[C]1=CC=CC1.Cl.Cl. The summed E-state index contributed by atoms with van der Waals surface area (Å²) >= 11 is -0.704. The molecule has 1 aliphatic carbocycles. The summed E-state index contributed by atoms with van der Waals surface area (Å²) in [6.45, 7) is 4.69. The first-order valence-corrected chi connectivity index (χ1v) is 7.08. The van der Waals surface area contributed by atoms with Crippen LogP contribution in [0.15, 0.2) is 22.1 Å². The largest absolute Gasteiger partial charge is 0.147 e. The fourth-order valence-corrected chi connectivity index (χ4v) is 4.77. The van der Waals surface area contributed by atoms with Gasteiger partial charge in [0, 0.05) is 0 Å². The second-order valence-corrected chi connectivity index (χ2v) is 7.73. The van der Waals surface area contributed by atoms with Gasteiger partial charge in [-0.1, -0.05) is 0 Å². The molecule has 0 saturated carbocycles. The first-order valence-electron chi connectivity index (χ1n) is 4.09. The minimum Gasteiger partial charge on any atom is -0.147 e. The summed E-state index contributed by atoms with van der Waals surface area (Å²) in [6.07, 6.45) is 8.13. The van der Waals surface area contributed by atoms with Gasteiger partial charge in [-0.3, -0.25) is 0 Å². The van der Waals surface area contributed by atoms with E-state index < -0.39 is 17.9 Å². The zero-order chi connectivity index (χ0) is 7.40. The van der Waals surface area contributed by atoms with E-state index in [1.165, 1.54) is 15.9 Å². The third-order valence-electron chi connectivity index (χ3n) is 2.08. The van der Waals surface area contributed by atoms with Gasteiger partial charge < -0.3 is 0 Å². The minimum atomic E-state index is -0.704. The molecule has 0 heterocycles. The van der Waals surface area contributed by atoms with Crippen LogP contribution in [0.4, 0.5) is 0 Å². The van der Waals surface area contributed by atoms with E-state index >= 15 is 0 Å². The molecule has 71 valence electrons. The van der Waals surface area contributed by atoms with Crippen LogP contribution in [0.2, 0.25) is 9.45 Å². The maximum absolute atomic E-state index is 2.35. The molecule has 0 spiro atoms. The van der Waals surface area contributed by atoms with Gasteiger partial charge in [-0.15, -0.1) is 24.8 Å². The first-order chi connectivity index (χ1) is 4.88. The maximum Gasteiger partial charge on any atom is -0.147 e. The molecule has 0 N–H and O–H groups in total. The summed E-state index contributed by atoms with van der Waals surface area (Å²) in [7, 11) is 0. The Morgan fingerprint density at radius 2 is 1.83 bits per heavy atom. The second-order valence-electron chi connectivity index (χ2n) is 2.63. The summed E-state index contributed by atoms with van der Waals surface area (Å²) in [6, 6.07) is 0. The molecular weight excluding hydrogens is 227 g/mol. The van der Waals surface area contributed by atoms with Crippen LogP contribution in [0.1, 0.15) is 20.3 Å². The Morgan fingerprint density at radius 1 is 1.25 bits per heavy atom. The molecule has 0 aliphatic heterocycles. The molecule has 1 aliphatic rings. The summed E-state index contributed by atoms with van der Waals surface area (Å²) in [4.78, 5) is 0. The third-order valence-corrected chi connectivity index (χ3v) is 6.74. The van der Waals surface area contributed by atoms with Gasteiger partial charge in [0.05, 0.1) is 0 Å². The molecule has 1 rings (SSSR count). The zero-order valence-corrected chi connectivity index (χ0v) is 10.9. The first kappa shape index (κ1) is 15.3. The zero-order valence-electron chi connectivity index (χ0n) is 7.67. The molecule has 0 aromatic rings. The molecule has 0 fully saturated rings. The number of allylic oxidation sites excluding steroid dienone is 4. The Balaban J connectivity index is 0. The van der Waals surface area contributed by atoms with Gasteiger partial charge in [0.1, 0.15) is 0 Å². The molecule has 0 aromatic heterocycles. The average molecular weight is 244 g/mol. The summed E-state index contributed by atoms with van der Waals surface area (Å²) in [5.41, 5.74) is 0. The molecule has 0 amide bonds. The van der Waals surface area contributed by atoms with Crippen molar-refractivity contribution >= 4 is 24.8 Å². The van der Waals surface area contributed by atoms with E-state index in [0.29, 0.717) is 0 Å². The van der Waals surface area contributed by atoms with Crippen molar-refractivity contribution < 1.29 is 17.9 Å². The van der Waals surface area contributed by atoms with E-state index in [1.54, 1.807) is 3.88 Å². The number of hydrogen-bond acceptors (Lipinski definition) is 0. The Hall–Kier alpha value is 0.774. The molecule has 0 atom stereocenters. The molecular formula is C9H17Cl2Ti. The number of hydrogen-bond donors (Lipinski definition) is 0. The van der Waals surface area contributed by atoms with Gasteiger partial charge in [0.15, 0.2) is 0 Å². The normalized spacial score (nSPS) is 13.0. The van der Waals surface area contributed by atoms with Crippen LogP contribution < -0.4 is 0 Å². The van der Waals surface area contributed by atoms with E-state index in [9.17, 15) is 0 Å². The molecule has 0 aromatic carbocycles. The Morgan fingerprint density at radius 3 is 2.17 bits per heavy atom. The predicted octanol–water partition coefficient (Wildman–Crippen LogP) is 4.17. The van der Waals surface area contributed by atoms with Crippen molar-refractivity contribution in [2.24, 2.45) is 0 Å². The van der Waals surface area contributed by atoms with Gasteiger partial charge in [-0.25, -0.2) is 0 Å². The summed E-state index contributed by atoms with van der Waals surface area (Å²) in [5.74, 6) is 0. The Bertz CT molecular complexity index is 160. The fourth-order valence-electron chi connectivity index (χ4n) is 1.41. The van der Waals surface area contributed by atoms with E-state index in [-0.39, 0.29) is 24.8 Å². The summed E-state index contributed by atoms with van der Waals surface area (Å²) < 4.78 is 4.72. The molecule has 3 heteroatoms. The van der Waals surface area contributed by atoms with Crippen molar-refractivity contribution in [1.29, 1.82) is 0 Å². The monoisotopic (exact) mass is 243 g/mol. The van der Waals surface area contributed by atoms with Crippen molar-refractivity contribution in [3.8, 4) is 0 Å². The topological polar surface area (TPSA) is 0 Å². The van der Waals surface area contributed by atoms with Crippen LogP contribution >= 0.6 is 24.8 Å². The Kier molecular flexibility index (Phi) is 10.6.